The van der Waals surface area contributed by atoms with Crippen LogP contribution in [0.2, 0.25) is 0 Å². The number of thioether (sulfide) groups is 1. The summed E-state index contributed by atoms with van der Waals surface area (Å²) in [4.78, 5) is 6.17. The summed E-state index contributed by atoms with van der Waals surface area (Å²) in [5.74, 6) is 1.58. The molecule has 0 spiro atoms. The van der Waals surface area contributed by atoms with Crippen molar-refractivity contribution in [2.75, 3.05) is 25.4 Å². The lowest BCUT2D eigenvalue weighted by Crippen LogP contribution is -2.28. The number of likely N-dealkylation sites (tertiary alicyclic amines) is 1. The van der Waals surface area contributed by atoms with Crippen molar-refractivity contribution in [3.05, 3.63) is 47.7 Å². The van der Waals surface area contributed by atoms with Gasteiger partial charge >= 0.3 is 6.18 Å². The molecule has 2 atom stereocenters. The Hall–Kier alpha value is -2.40. The van der Waals surface area contributed by atoms with Crippen LogP contribution in [0, 0.1) is 11.7 Å². The molecule has 1 aliphatic carbocycles. The second-order valence-electron chi connectivity index (χ2n) is 8.42. The molecule has 1 aromatic carbocycles. The third-order valence-electron chi connectivity index (χ3n) is 6.39. The standard InChI is InChI=1S/C21H21F4N5OS/c1-29-18(17-9-26-12-31-17)27-28-19(29)32-6-2-5-30-10-14-8-20(14,11-30)15-4-3-13(7-16(15)22)21(23,24)25/h3-4,7,9,12,14H,2,5-6,8,10-11H2,1H3/t14-,20-/m0/s1. The molecule has 0 unspecified atom stereocenters. The second kappa shape index (κ2) is 7.87. The molecule has 32 heavy (non-hydrogen) atoms. The summed E-state index contributed by atoms with van der Waals surface area (Å²) in [6.45, 7) is 2.38. The molecule has 2 fully saturated rings. The fourth-order valence-electron chi connectivity index (χ4n) is 4.70. The fourth-order valence-corrected chi connectivity index (χ4v) is 5.54. The van der Waals surface area contributed by atoms with E-state index in [1.54, 1.807) is 18.0 Å². The zero-order valence-electron chi connectivity index (χ0n) is 17.3. The highest BCUT2D eigenvalue weighted by molar-refractivity contribution is 7.99. The van der Waals surface area contributed by atoms with Crippen LogP contribution < -0.4 is 0 Å². The molecule has 1 saturated carbocycles. The maximum absolute atomic E-state index is 14.5. The molecule has 2 aliphatic rings. The SMILES string of the molecule is Cn1c(SCCCN2C[C@@H]3C[C@]3(c3ccc(C(F)(F)F)cc3F)C2)nnc1-c1cnco1. The van der Waals surface area contributed by atoms with Crippen molar-refractivity contribution in [2.24, 2.45) is 13.0 Å². The largest absolute Gasteiger partial charge is 0.440 e. The average Bonchev–Trinajstić information content (AvgIpc) is 3.15. The number of aromatic nitrogens is 4. The van der Waals surface area contributed by atoms with Crippen molar-refractivity contribution in [2.45, 2.75) is 29.6 Å². The van der Waals surface area contributed by atoms with Crippen molar-refractivity contribution in [1.29, 1.82) is 0 Å². The molecular formula is C21H21F4N5OS. The van der Waals surface area contributed by atoms with Gasteiger partial charge in [0.15, 0.2) is 17.3 Å². The number of alkyl halides is 3. The van der Waals surface area contributed by atoms with Gasteiger partial charge in [-0.3, -0.25) is 0 Å². The second-order valence-corrected chi connectivity index (χ2v) is 9.48. The molecule has 3 heterocycles. The Balaban J connectivity index is 1.14. The van der Waals surface area contributed by atoms with E-state index >= 15 is 0 Å². The van der Waals surface area contributed by atoms with Gasteiger partial charge in [0, 0.05) is 31.3 Å². The summed E-state index contributed by atoms with van der Waals surface area (Å²) >= 11 is 1.60. The van der Waals surface area contributed by atoms with E-state index in [1.807, 2.05) is 11.6 Å². The van der Waals surface area contributed by atoms with Crippen LogP contribution in [-0.2, 0) is 18.6 Å². The molecule has 0 amide bonds. The number of piperidine rings is 1. The maximum atomic E-state index is 14.5. The number of fused-ring (bicyclic) bond motifs is 1. The van der Waals surface area contributed by atoms with E-state index in [-0.39, 0.29) is 5.41 Å². The minimum atomic E-state index is -4.53. The van der Waals surface area contributed by atoms with Crippen molar-refractivity contribution >= 4 is 11.8 Å². The molecule has 0 bridgehead atoms. The first-order chi connectivity index (χ1) is 15.3. The predicted molar refractivity (Wildman–Crippen MR) is 109 cm³/mol. The molecule has 2 aromatic heterocycles. The third kappa shape index (κ3) is 3.81. The van der Waals surface area contributed by atoms with E-state index in [2.05, 4.69) is 20.1 Å². The van der Waals surface area contributed by atoms with Gasteiger partial charge in [0.25, 0.3) is 0 Å². The molecule has 5 rings (SSSR count). The minimum Gasteiger partial charge on any atom is -0.440 e. The molecule has 1 saturated heterocycles. The fraction of sp³-hybridized carbons (Fsp3) is 0.476. The third-order valence-corrected chi connectivity index (χ3v) is 7.49. The number of hydrogen-bond donors (Lipinski definition) is 0. The highest BCUT2D eigenvalue weighted by atomic mass is 32.2. The number of hydrogen-bond acceptors (Lipinski definition) is 6. The van der Waals surface area contributed by atoms with Crippen LogP contribution >= 0.6 is 11.8 Å². The first-order valence-electron chi connectivity index (χ1n) is 10.3. The van der Waals surface area contributed by atoms with Gasteiger partial charge in [-0.05, 0) is 43.0 Å². The predicted octanol–water partition coefficient (Wildman–Crippen LogP) is 4.38. The molecule has 0 radical (unpaired) electrons. The van der Waals surface area contributed by atoms with Gasteiger partial charge in [0.05, 0.1) is 11.8 Å². The Morgan fingerprint density at radius 2 is 2.12 bits per heavy atom. The van der Waals surface area contributed by atoms with E-state index in [0.29, 0.717) is 35.7 Å². The number of rotatable bonds is 7. The summed E-state index contributed by atoms with van der Waals surface area (Å²) in [5.41, 5.74) is -0.849. The summed E-state index contributed by atoms with van der Waals surface area (Å²) in [6, 6.07) is 2.96. The van der Waals surface area contributed by atoms with Crippen molar-refractivity contribution < 1.29 is 22.0 Å². The molecule has 170 valence electrons. The number of oxazole rings is 1. The van der Waals surface area contributed by atoms with Crippen LogP contribution in [-0.4, -0.2) is 50.0 Å². The molecule has 11 heteroatoms. The normalized spacial score (nSPS) is 23.0. The van der Waals surface area contributed by atoms with Gasteiger partial charge in [-0.1, -0.05) is 17.8 Å². The van der Waals surface area contributed by atoms with Crippen LogP contribution in [0.1, 0.15) is 24.0 Å². The van der Waals surface area contributed by atoms with E-state index in [1.165, 1.54) is 12.5 Å². The topological polar surface area (TPSA) is 60.0 Å². The summed E-state index contributed by atoms with van der Waals surface area (Å²) in [7, 11) is 1.87. The van der Waals surface area contributed by atoms with Crippen molar-refractivity contribution in [3.63, 3.8) is 0 Å². The first-order valence-corrected chi connectivity index (χ1v) is 11.3. The van der Waals surface area contributed by atoms with Gasteiger partial charge < -0.3 is 13.9 Å². The Morgan fingerprint density at radius 3 is 2.84 bits per heavy atom. The molecule has 6 nitrogen and oxygen atoms in total. The molecule has 1 aliphatic heterocycles. The van der Waals surface area contributed by atoms with E-state index in [9.17, 15) is 17.6 Å². The Kier molecular flexibility index (Phi) is 5.28. The van der Waals surface area contributed by atoms with Crippen LogP contribution in [0.25, 0.3) is 11.6 Å². The Labute approximate surface area is 186 Å². The summed E-state index contributed by atoms with van der Waals surface area (Å²) < 4.78 is 60.2. The zero-order chi connectivity index (χ0) is 22.5. The summed E-state index contributed by atoms with van der Waals surface area (Å²) in [6.07, 6.45) is 0.155. The van der Waals surface area contributed by atoms with Gasteiger partial charge in [-0.15, -0.1) is 10.2 Å². The molecular weight excluding hydrogens is 446 g/mol. The number of nitrogens with zero attached hydrogens (tertiary/aromatic N) is 5. The van der Waals surface area contributed by atoms with Gasteiger partial charge in [-0.25, -0.2) is 9.37 Å². The van der Waals surface area contributed by atoms with Crippen LogP contribution in [0.5, 0.6) is 0 Å². The number of halogens is 4. The average molecular weight is 467 g/mol. The Morgan fingerprint density at radius 1 is 1.28 bits per heavy atom. The molecule has 3 aromatic rings. The first kappa shape index (κ1) is 21.4. The lowest BCUT2D eigenvalue weighted by Gasteiger charge is -2.21. The monoisotopic (exact) mass is 467 g/mol. The van der Waals surface area contributed by atoms with Gasteiger partial charge in [0.2, 0.25) is 5.82 Å². The van der Waals surface area contributed by atoms with Crippen molar-refractivity contribution in [3.8, 4) is 11.6 Å². The summed E-state index contributed by atoms with van der Waals surface area (Å²) in [5, 5.41) is 9.12. The highest BCUT2D eigenvalue weighted by Crippen LogP contribution is 2.59. The van der Waals surface area contributed by atoms with E-state index in [0.717, 1.165) is 42.9 Å². The van der Waals surface area contributed by atoms with Crippen LogP contribution in [0.3, 0.4) is 0 Å². The van der Waals surface area contributed by atoms with Crippen LogP contribution in [0.15, 0.2) is 40.4 Å². The lowest BCUT2D eigenvalue weighted by atomic mass is 9.93. The Bertz CT molecular complexity index is 1120. The van der Waals surface area contributed by atoms with Crippen molar-refractivity contribution in [1.82, 2.24) is 24.6 Å². The van der Waals surface area contributed by atoms with E-state index in [4.69, 9.17) is 4.42 Å². The quantitative estimate of drug-likeness (QED) is 0.292. The van der Waals surface area contributed by atoms with Crippen LogP contribution in [0.4, 0.5) is 17.6 Å². The highest BCUT2D eigenvalue weighted by Gasteiger charge is 2.61. The lowest BCUT2D eigenvalue weighted by molar-refractivity contribution is -0.137. The zero-order valence-corrected chi connectivity index (χ0v) is 18.1. The van der Waals surface area contributed by atoms with Gasteiger partial charge in [0.1, 0.15) is 5.82 Å². The van der Waals surface area contributed by atoms with Gasteiger partial charge in [-0.2, -0.15) is 13.2 Å². The van der Waals surface area contributed by atoms with E-state index < -0.39 is 17.6 Å². The maximum Gasteiger partial charge on any atom is 0.416 e. The molecule has 0 N–H and O–H groups in total. The smallest absolute Gasteiger partial charge is 0.416 e. The number of benzene rings is 1. The minimum absolute atomic E-state index is 0.310.